The van der Waals surface area contributed by atoms with Crippen molar-refractivity contribution in [3.63, 3.8) is 0 Å². The topological polar surface area (TPSA) is 96.5 Å². The lowest BCUT2D eigenvalue weighted by atomic mass is 10.1. The zero-order valence-corrected chi connectivity index (χ0v) is 17.1. The van der Waals surface area contributed by atoms with Crippen LogP contribution in [0.2, 0.25) is 0 Å². The Hall–Kier alpha value is -2.83. The molecule has 0 bridgehead atoms. The monoisotopic (exact) mass is 389 g/mol. The second kappa shape index (κ2) is 11.8. The van der Waals surface area contributed by atoms with E-state index in [4.69, 9.17) is 4.74 Å². The van der Waals surface area contributed by atoms with Crippen LogP contribution in [0.15, 0.2) is 30.3 Å². The lowest BCUT2D eigenvalue weighted by molar-refractivity contribution is -0.120. The second-order valence-corrected chi connectivity index (χ2v) is 7.42. The van der Waals surface area contributed by atoms with Gasteiger partial charge in [-0.15, -0.1) is 0 Å². The van der Waals surface area contributed by atoms with E-state index >= 15 is 0 Å². The van der Waals surface area contributed by atoms with Crippen molar-refractivity contribution in [1.82, 2.24) is 16.0 Å². The highest BCUT2D eigenvalue weighted by Gasteiger charge is 2.15. The molecule has 0 fully saturated rings. The number of ether oxygens (including phenoxy) is 1. The third-order valence-corrected chi connectivity index (χ3v) is 3.46. The smallest absolute Gasteiger partial charge is 0.407 e. The summed E-state index contributed by atoms with van der Waals surface area (Å²) in [5, 5.41) is 8.04. The molecule has 0 heterocycles. The van der Waals surface area contributed by atoms with Gasteiger partial charge in [-0.2, -0.15) is 0 Å². The van der Waals surface area contributed by atoms with Gasteiger partial charge in [0.1, 0.15) is 5.60 Å². The van der Waals surface area contributed by atoms with Crippen LogP contribution >= 0.6 is 0 Å². The van der Waals surface area contributed by atoms with Gasteiger partial charge in [0.15, 0.2) is 0 Å². The number of amides is 3. The van der Waals surface area contributed by atoms with Crippen molar-refractivity contribution in [1.29, 1.82) is 0 Å². The standard InChI is InChI=1S/C21H31N3O4/c1-16-7-5-8-17(15-16)9-10-18(25)22-12-6-13-23-19(26)11-14-24-20(27)28-21(2,3)4/h5,7-10,15H,6,11-14H2,1-4H3,(H,22,25)(H,23,26)(H,24,27)/b10-9+. The van der Waals surface area contributed by atoms with Gasteiger partial charge in [0, 0.05) is 32.1 Å². The third-order valence-electron chi connectivity index (χ3n) is 3.46. The van der Waals surface area contributed by atoms with Gasteiger partial charge < -0.3 is 20.7 Å². The van der Waals surface area contributed by atoms with Gasteiger partial charge in [-0.3, -0.25) is 9.59 Å². The number of hydrogen-bond acceptors (Lipinski definition) is 4. The number of benzene rings is 1. The second-order valence-electron chi connectivity index (χ2n) is 7.42. The summed E-state index contributed by atoms with van der Waals surface area (Å²) in [4.78, 5) is 34.9. The van der Waals surface area contributed by atoms with Crippen LogP contribution in [0.3, 0.4) is 0 Å². The molecule has 0 spiro atoms. The Balaban J connectivity index is 2.09. The Morgan fingerprint density at radius 3 is 2.43 bits per heavy atom. The van der Waals surface area contributed by atoms with Gasteiger partial charge in [0.05, 0.1) is 0 Å². The molecule has 0 aromatic heterocycles. The summed E-state index contributed by atoms with van der Waals surface area (Å²) >= 11 is 0. The highest BCUT2D eigenvalue weighted by Crippen LogP contribution is 2.06. The van der Waals surface area contributed by atoms with Crippen LogP contribution in [0.1, 0.15) is 44.7 Å². The summed E-state index contributed by atoms with van der Waals surface area (Å²) < 4.78 is 5.08. The van der Waals surface area contributed by atoms with Crippen molar-refractivity contribution in [3.8, 4) is 0 Å². The SMILES string of the molecule is Cc1cccc(/C=C/C(=O)NCCCNC(=O)CCNC(=O)OC(C)(C)C)c1. The van der Waals surface area contributed by atoms with E-state index in [0.717, 1.165) is 11.1 Å². The van der Waals surface area contributed by atoms with Crippen molar-refractivity contribution in [2.75, 3.05) is 19.6 Å². The van der Waals surface area contributed by atoms with Crippen LogP contribution < -0.4 is 16.0 Å². The molecule has 1 aromatic rings. The van der Waals surface area contributed by atoms with Crippen LogP contribution in [-0.4, -0.2) is 43.1 Å². The van der Waals surface area contributed by atoms with Gasteiger partial charge in [-0.1, -0.05) is 29.8 Å². The summed E-state index contributed by atoms with van der Waals surface area (Å²) in [6.45, 7) is 8.45. The summed E-state index contributed by atoms with van der Waals surface area (Å²) in [5.74, 6) is -0.337. The van der Waals surface area contributed by atoms with Crippen LogP contribution in [0.25, 0.3) is 6.08 Å². The first-order valence-electron chi connectivity index (χ1n) is 9.42. The molecule has 0 aliphatic heterocycles. The van der Waals surface area contributed by atoms with E-state index in [2.05, 4.69) is 16.0 Å². The number of nitrogens with one attached hydrogen (secondary N) is 3. The maximum absolute atomic E-state index is 11.8. The summed E-state index contributed by atoms with van der Waals surface area (Å²) in [7, 11) is 0. The van der Waals surface area contributed by atoms with Gasteiger partial charge in [0.2, 0.25) is 11.8 Å². The Kier molecular flexibility index (Phi) is 9.78. The number of carbonyl (C=O) groups is 3. The molecule has 1 aromatic carbocycles. The molecule has 154 valence electrons. The van der Waals surface area contributed by atoms with Gasteiger partial charge in [0.25, 0.3) is 0 Å². The Morgan fingerprint density at radius 1 is 1.04 bits per heavy atom. The van der Waals surface area contributed by atoms with Crippen molar-refractivity contribution >= 4 is 24.0 Å². The molecule has 0 radical (unpaired) electrons. The number of hydrogen-bond donors (Lipinski definition) is 3. The normalized spacial score (nSPS) is 11.1. The molecular weight excluding hydrogens is 358 g/mol. The fourth-order valence-corrected chi connectivity index (χ4v) is 2.21. The molecule has 7 nitrogen and oxygen atoms in total. The lowest BCUT2D eigenvalue weighted by Crippen LogP contribution is -2.35. The van der Waals surface area contributed by atoms with Crippen molar-refractivity contribution in [2.24, 2.45) is 0 Å². The minimum Gasteiger partial charge on any atom is -0.444 e. The van der Waals surface area contributed by atoms with E-state index in [1.807, 2.05) is 31.2 Å². The summed E-state index contributed by atoms with van der Waals surface area (Å²) in [5.41, 5.74) is 1.55. The number of rotatable bonds is 9. The van der Waals surface area contributed by atoms with E-state index in [9.17, 15) is 14.4 Å². The Labute approximate surface area is 166 Å². The lowest BCUT2D eigenvalue weighted by Gasteiger charge is -2.19. The minimum atomic E-state index is -0.563. The van der Waals surface area contributed by atoms with Gasteiger partial charge >= 0.3 is 6.09 Å². The Bertz CT molecular complexity index is 693. The molecule has 0 saturated carbocycles. The van der Waals surface area contributed by atoms with Crippen molar-refractivity contribution < 1.29 is 19.1 Å². The largest absolute Gasteiger partial charge is 0.444 e. The maximum atomic E-state index is 11.8. The molecule has 0 aliphatic rings. The van der Waals surface area contributed by atoms with E-state index in [-0.39, 0.29) is 24.8 Å². The van der Waals surface area contributed by atoms with Crippen molar-refractivity contribution in [2.45, 2.75) is 46.1 Å². The zero-order valence-electron chi connectivity index (χ0n) is 17.1. The summed E-state index contributed by atoms with van der Waals surface area (Å²) in [6, 6.07) is 7.87. The third kappa shape index (κ3) is 11.7. The van der Waals surface area contributed by atoms with Crippen LogP contribution in [0.5, 0.6) is 0 Å². The number of alkyl carbamates (subject to hydrolysis) is 1. The number of aryl methyl sites for hydroxylation is 1. The minimum absolute atomic E-state index is 0.165. The highest BCUT2D eigenvalue weighted by molar-refractivity contribution is 5.91. The van der Waals surface area contributed by atoms with E-state index in [0.29, 0.717) is 19.5 Å². The summed E-state index contributed by atoms with van der Waals surface area (Å²) in [6.07, 6.45) is 3.51. The van der Waals surface area contributed by atoms with Crippen LogP contribution in [0, 0.1) is 6.92 Å². The molecule has 3 N–H and O–H groups in total. The fraction of sp³-hybridized carbons (Fsp3) is 0.476. The average molecular weight is 389 g/mol. The van der Waals surface area contributed by atoms with E-state index < -0.39 is 11.7 Å². The van der Waals surface area contributed by atoms with Crippen molar-refractivity contribution in [3.05, 3.63) is 41.5 Å². The predicted molar refractivity (Wildman–Crippen MR) is 110 cm³/mol. The fourth-order valence-electron chi connectivity index (χ4n) is 2.21. The molecule has 0 atom stereocenters. The van der Waals surface area contributed by atoms with Gasteiger partial charge in [-0.25, -0.2) is 4.79 Å². The molecule has 0 aliphatic carbocycles. The van der Waals surface area contributed by atoms with Crippen LogP contribution in [-0.2, 0) is 14.3 Å². The first kappa shape index (κ1) is 23.2. The average Bonchev–Trinajstić information content (AvgIpc) is 2.58. The van der Waals surface area contributed by atoms with E-state index in [1.165, 1.54) is 6.08 Å². The van der Waals surface area contributed by atoms with E-state index in [1.54, 1.807) is 26.8 Å². The molecular formula is C21H31N3O4. The predicted octanol–water partition coefficient (Wildman–Crippen LogP) is 2.55. The van der Waals surface area contributed by atoms with Crippen LogP contribution in [0.4, 0.5) is 4.79 Å². The highest BCUT2D eigenvalue weighted by atomic mass is 16.6. The molecule has 28 heavy (non-hydrogen) atoms. The zero-order chi connectivity index (χ0) is 21.0. The molecule has 0 saturated heterocycles. The number of carbonyl (C=O) groups excluding carboxylic acids is 3. The molecule has 7 heteroatoms. The maximum Gasteiger partial charge on any atom is 0.407 e. The molecule has 1 rings (SSSR count). The molecule has 3 amide bonds. The first-order chi connectivity index (χ1) is 13.2. The molecule has 0 unspecified atom stereocenters. The Morgan fingerprint density at radius 2 is 1.75 bits per heavy atom. The van der Waals surface area contributed by atoms with Gasteiger partial charge in [-0.05, 0) is 45.8 Å². The first-order valence-corrected chi connectivity index (χ1v) is 9.42. The quantitative estimate of drug-likeness (QED) is 0.447.